The van der Waals surface area contributed by atoms with Crippen LogP contribution in [0.15, 0.2) is 42.7 Å². The number of benzene rings is 1. The Morgan fingerprint density at radius 1 is 0.958 bits per heavy atom. The van der Waals surface area contributed by atoms with Gasteiger partial charge in [-0.25, -0.2) is 0 Å². The normalized spacial score (nSPS) is 10.8. The average molecular weight is 326 g/mol. The summed E-state index contributed by atoms with van der Waals surface area (Å²) in [7, 11) is 0. The van der Waals surface area contributed by atoms with Crippen molar-refractivity contribution < 1.29 is 9.59 Å². The highest BCUT2D eigenvalue weighted by molar-refractivity contribution is 6.05. The lowest BCUT2D eigenvalue weighted by atomic mass is 10.1. The molecule has 0 aliphatic heterocycles. The highest BCUT2D eigenvalue weighted by Gasteiger charge is 2.12. The summed E-state index contributed by atoms with van der Waals surface area (Å²) >= 11 is 0. The van der Waals surface area contributed by atoms with E-state index >= 15 is 0 Å². The summed E-state index contributed by atoms with van der Waals surface area (Å²) in [5, 5.41) is 8.77. The van der Waals surface area contributed by atoms with Crippen LogP contribution in [0.2, 0.25) is 0 Å². The second-order valence-corrected chi connectivity index (χ2v) is 6.55. The van der Waals surface area contributed by atoms with E-state index in [1.807, 2.05) is 20.8 Å². The van der Waals surface area contributed by atoms with E-state index < -0.39 is 0 Å². The van der Waals surface area contributed by atoms with Crippen LogP contribution < -0.4 is 16.0 Å². The second kappa shape index (κ2) is 7.12. The zero-order valence-electron chi connectivity index (χ0n) is 14.3. The molecule has 0 spiro atoms. The van der Waals surface area contributed by atoms with Crippen LogP contribution in [0.4, 0.5) is 17.1 Å². The van der Waals surface area contributed by atoms with Gasteiger partial charge in [-0.2, -0.15) is 0 Å². The molecule has 1 aromatic heterocycles. The Morgan fingerprint density at radius 3 is 2.25 bits per heavy atom. The number of nitrogens with one attached hydrogen (secondary N) is 3. The van der Waals surface area contributed by atoms with Gasteiger partial charge in [0.05, 0.1) is 11.3 Å². The van der Waals surface area contributed by atoms with Crippen molar-refractivity contribution in [2.75, 3.05) is 16.0 Å². The zero-order valence-corrected chi connectivity index (χ0v) is 14.3. The molecule has 24 heavy (non-hydrogen) atoms. The third-order valence-corrected chi connectivity index (χ3v) is 2.96. The van der Waals surface area contributed by atoms with Crippen LogP contribution in [-0.4, -0.2) is 22.3 Å². The quantitative estimate of drug-likeness (QED) is 0.803. The lowest BCUT2D eigenvalue weighted by Crippen LogP contribution is -2.26. The first kappa shape index (κ1) is 17.5. The zero-order chi connectivity index (χ0) is 17.7. The minimum Gasteiger partial charge on any atom is -0.379 e. The summed E-state index contributed by atoms with van der Waals surface area (Å²) in [6, 6.07) is 8.73. The molecule has 0 saturated heterocycles. The number of hydrogen-bond donors (Lipinski definition) is 3. The van der Waals surface area contributed by atoms with Gasteiger partial charge in [0.15, 0.2) is 0 Å². The van der Waals surface area contributed by atoms with Gasteiger partial charge in [-0.05, 0) is 45.0 Å². The Labute approximate surface area is 141 Å². The largest absolute Gasteiger partial charge is 0.379 e. The molecule has 0 bridgehead atoms. The highest BCUT2D eigenvalue weighted by Crippen LogP contribution is 2.18. The molecule has 3 N–H and O–H groups in total. The number of hydrogen-bond acceptors (Lipinski definition) is 4. The molecule has 0 saturated carbocycles. The highest BCUT2D eigenvalue weighted by atomic mass is 16.2. The number of aromatic nitrogens is 1. The maximum atomic E-state index is 12.4. The van der Waals surface area contributed by atoms with Crippen LogP contribution in [0.5, 0.6) is 0 Å². The molecule has 126 valence electrons. The van der Waals surface area contributed by atoms with E-state index in [0.29, 0.717) is 16.9 Å². The van der Waals surface area contributed by atoms with Crippen LogP contribution >= 0.6 is 0 Å². The van der Waals surface area contributed by atoms with E-state index in [4.69, 9.17) is 0 Å². The third kappa shape index (κ3) is 5.39. The number of nitrogens with zero attached hydrogens (tertiary/aromatic N) is 1. The fourth-order valence-corrected chi connectivity index (χ4v) is 2.15. The van der Waals surface area contributed by atoms with Crippen molar-refractivity contribution in [1.29, 1.82) is 0 Å². The van der Waals surface area contributed by atoms with Gasteiger partial charge in [-0.1, -0.05) is 6.07 Å². The van der Waals surface area contributed by atoms with Crippen molar-refractivity contribution in [3.05, 3.63) is 48.3 Å². The molecule has 0 aliphatic carbocycles. The molecule has 6 heteroatoms. The molecular formula is C18H22N4O2. The fraction of sp³-hybridized carbons (Fsp3) is 0.278. The van der Waals surface area contributed by atoms with Gasteiger partial charge in [0.25, 0.3) is 5.91 Å². The Balaban J connectivity index is 2.12. The van der Waals surface area contributed by atoms with Crippen molar-refractivity contribution >= 4 is 28.9 Å². The molecule has 2 aromatic rings. The number of anilines is 3. The van der Waals surface area contributed by atoms with Crippen molar-refractivity contribution in [3.63, 3.8) is 0 Å². The van der Waals surface area contributed by atoms with Crippen LogP contribution in [0.3, 0.4) is 0 Å². The van der Waals surface area contributed by atoms with Gasteiger partial charge in [-0.3, -0.25) is 14.6 Å². The predicted molar refractivity (Wildman–Crippen MR) is 96.3 cm³/mol. The first-order valence-electron chi connectivity index (χ1n) is 7.65. The van der Waals surface area contributed by atoms with Crippen LogP contribution in [0.25, 0.3) is 0 Å². The minimum absolute atomic E-state index is 0.122. The predicted octanol–water partition coefficient (Wildman–Crippen LogP) is 3.50. The van der Waals surface area contributed by atoms with Gasteiger partial charge in [0, 0.05) is 36.2 Å². The van der Waals surface area contributed by atoms with E-state index in [1.165, 1.54) is 13.1 Å². The summed E-state index contributed by atoms with van der Waals surface area (Å²) < 4.78 is 0. The maximum Gasteiger partial charge on any atom is 0.257 e. The molecule has 1 heterocycles. The van der Waals surface area contributed by atoms with E-state index in [1.54, 1.807) is 36.5 Å². The lowest BCUT2D eigenvalue weighted by Gasteiger charge is -2.22. The molecular weight excluding hydrogens is 304 g/mol. The van der Waals surface area contributed by atoms with Gasteiger partial charge in [-0.15, -0.1) is 0 Å². The monoisotopic (exact) mass is 326 g/mol. The third-order valence-electron chi connectivity index (χ3n) is 2.96. The first-order chi connectivity index (χ1) is 11.2. The van der Waals surface area contributed by atoms with Crippen LogP contribution in [0.1, 0.15) is 38.1 Å². The molecule has 0 unspecified atom stereocenters. The van der Waals surface area contributed by atoms with Gasteiger partial charge < -0.3 is 16.0 Å². The van der Waals surface area contributed by atoms with Crippen LogP contribution in [0, 0.1) is 0 Å². The van der Waals surface area contributed by atoms with Crippen molar-refractivity contribution in [3.8, 4) is 0 Å². The van der Waals surface area contributed by atoms with Crippen molar-refractivity contribution in [2.45, 2.75) is 33.2 Å². The minimum atomic E-state index is -0.264. The number of amides is 2. The summed E-state index contributed by atoms with van der Waals surface area (Å²) in [6.45, 7) is 7.54. The second-order valence-electron chi connectivity index (χ2n) is 6.55. The van der Waals surface area contributed by atoms with Crippen molar-refractivity contribution in [1.82, 2.24) is 4.98 Å². The molecule has 2 amide bonds. The van der Waals surface area contributed by atoms with E-state index in [-0.39, 0.29) is 17.4 Å². The first-order valence-corrected chi connectivity index (χ1v) is 7.65. The van der Waals surface area contributed by atoms with E-state index in [2.05, 4.69) is 20.9 Å². The Kier molecular flexibility index (Phi) is 5.18. The van der Waals surface area contributed by atoms with Crippen molar-refractivity contribution in [2.24, 2.45) is 0 Å². The van der Waals surface area contributed by atoms with Crippen LogP contribution in [-0.2, 0) is 4.79 Å². The summed E-state index contributed by atoms with van der Waals surface area (Å²) in [6.07, 6.45) is 3.19. The SMILES string of the molecule is CC(=O)Nc1cccc(NC(=O)c2cncc(NC(C)(C)C)c2)c1. The fourth-order valence-electron chi connectivity index (χ4n) is 2.15. The van der Waals surface area contributed by atoms with Gasteiger partial charge in [0.1, 0.15) is 0 Å². The smallest absolute Gasteiger partial charge is 0.257 e. The summed E-state index contributed by atoms with van der Waals surface area (Å²) in [5.41, 5.74) is 2.34. The lowest BCUT2D eigenvalue weighted by molar-refractivity contribution is -0.114. The standard InChI is InChI=1S/C18H22N4O2/c1-12(23)20-14-6-5-7-15(9-14)21-17(24)13-8-16(11-19-10-13)22-18(2,3)4/h5-11,22H,1-4H3,(H,20,23)(H,21,24). The molecule has 2 rings (SSSR count). The number of rotatable bonds is 4. The molecule has 1 aromatic carbocycles. The number of carbonyl (C=O) groups excluding carboxylic acids is 2. The molecule has 0 atom stereocenters. The van der Waals surface area contributed by atoms with E-state index in [0.717, 1.165) is 5.69 Å². The number of carbonyl (C=O) groups is 2. The average Bonchev–Trinajstić information content (AvgIpc) is 2.45. The topological polar surface area (TPSA) is 83.1 Å². The Hall–Kier alpha value is -2.89. The molecule has 0 fully saturated rings. The van der Waals surface area contributed by atoms with Gasteiger partial charge >= 0.3 is 0 Å². The molecule has 0 radical (unpaired) electrons. The van der Waals surface area contributed by atoms with Gasteiger partial charge in [0.2, 0.25) is 5.91 Å². The number of pyridine rings is 1. The molecule has 0 aliphatic rings. The Morgan fingerprint density at radius 2 is 1.62 bits per heavy atom. The molecule has 6 nitrogen and oxygen atoms in total. The maximum absolute atomic E-state index is 12.4. The van der Waals surface area contributed by atoms with E-state index in [9.17, 15) is 9.59 Å². The Bertz CT molecular complexity index is 751. The summed E-state index contributed by atoms with van der Waals surface area (Å²) in [5.74, 6) is -0.427. The summed E-state index contributed by atoms with van der Waals surface area (Å²) in [4.78, 5) is 27.6.